The summed E-state index contributed by atoms with van der Waals surface area (Å²) in [7, 11) is 0. The molecule has 0 saturated heterocycles. The molecule has 0 saturated carbocycles. The summed E-state index contributed by atoms with van der Waals surface area (Å²) in [6, 6.07) is 14.1. The first-order valence-corrected chi connectivity index (χ1v) is 15.2. The average Bonchev–Trinajstić information content (AvgIpc) is 2.82. The third-order valence-corrected chi connectivity index (χ3v) is 7.99. The lowest BCUT2D eigenvalue weighted by Crippen LogP contribution is -2.16. The summed E-state index contributed by atoms with van der Waals surface area (Å²) in [5.74, 6) is 1.40. The fourth-order valence-corrected chi connectivity index (χ4v) is 5.54. The molecule has 3 aromatic rings. The van der Waals surface area contributed by atoms with Crippen molar-refractivity contribution in [2.45, 2.75) is 131 Å². The van der Waals surface area contributed by atoms with Gasteiger partial charge in [0.15, 0.2) is 0 Å². The first-order chi connectivity index (χ1) is 18.7. The SMILES string of the molecule is CCCC(c1cc(C(C)(C)C)c(O)cc1C)c1cc(C(C)(C)C)c(O)cc1C.CCc1ccc(O)c(C(C)(C)C)c1. The predicted molar refractivity (Wildman–Crippen MR) is 176 cm³/mol. The van der Waals surface area contributed by atoms with Gasteiger partial charge in [0.1, 0.15) is 17.2 Å². The van der Waals surface area contributed by atoms with Gasteiger partial charge < -0.3 is 15.3 Å². The smallest absolute Gasteiger partial charge is 0.119 e. The van der Waals surface area contributed by atoms with E-state index in [-0.39, 0.29) is 22.2 Å². The maximum absolute atomic E-state index is 10.5. The predicted octanol–water partition coefficient (Wildman–Crippen LogP) is 10.5. The van der Waals surface area contributed by atoms with E-state index in [0.29, 0.717) is 17.2 Å². The van der Waals surface area contributed by atoms with Crippen molar-refractivity contribution in [2.75, 3.05) is 0 Å². The van der Waals surface area contributed by atoms with E-state index in [9.17, 15) is 15.3 Å². The van der Waals surface area contributed by atoms with Crippen LogP contribution in [-0.2, 0) is 22.7 Å². The Morgan fingerprint density at radius 1 is 0.561 bits per heavy atom. The van der Waals surface area contributed by atoms with Crippen LogP contribution in [0.25, 0.3) is 0 Å². The van der Waals surface area contributed by atoms with Crippen LogP contribution in [0.1, 0.15) is 139 Å². The largest absolute Gasteiger partial charge is 0.508 e. The summed E-state index contributed by atoms with van der Waals surface area (Å²) >= 11 is 0. The maximum Gasteiger partial charge on any atom is 0.119 e. The Hall–Kier alpha value is -2.94. The molecule has 41 heavy (non-hydrogen) atoms. The molecule has 3 N–H and O–H groups in total. The summed E-state index contributed by atoms with van der Waals surface area (Å²) in [5.41, 5.74) is 8.86. The molecule has 0 aliphatic heterocycles. The Morgan fingerprint density at radius 2 is 0.951 bits per heavy atom. The van der Waals surface area contributed by atoms with Gasteiger partial charge in [-0.25, -0.2) is 0 Å². The van der Waals surface area contributed by atoms with Crippen LogP contribution in [0.15, 0.2) is 42.5 Å². The van der Waals surface area contributed by atoms with Crippen LogP contribution in [0.3, 0.4) is 0 Å². The van der Waals surface area contributed by atoms with Crippen molar-refractivity contribution in [3.05, 3.63) is 87.0 Å². The highest BCUT2D eigenvalue weighted by Gasteiger charge is 2.27. The average molecular weight is 561 g/mol. The van der Waals surface area contributed by atoms with Gasteiger partial charge in [-0.2, -0.15) is 0 Å². The van der Waals surface area contributed by atoms with E-state index in [1.807, 2.05) is 18.2 Å². The van der Waals surface area contributed by atoms with E-state index in [0.717, 1.165) is 47.1 Å². The summed E-state index contributed by atoms with van der Waals surface area (Å²) in [6.07, 6.45) is 3.12. The van der Waals surface area contributed by atoms with Gasteiger partial charge in [-0.05, 0) is 106 Å². The third-order valence-electron chi connectivity index (χ3n) is 7.99. The minimum Gasteiger partial charge on any atom is -0.508 e. The Bertz CT molecular complexity index is 1260. The van der Waals surface area contributed by atoms with E-state index in [1.165, 1.54) is 16.7 Å². The standard InChI is InChI=1S/C26H38O2.C12H18O/c1-10-11-18(19-14-21(25(4,5)6)23(27)12-16(19)2)20-15-22(26(7,8)9)24(28)13-17(20)3;1-5-9-6-7-11(13)10(8-9)12(2,3)4/h12-15,18,27-28H,10-11H2,1-9H3;6-8,13H,5H2,1-4H3. The lowest BCUT2D eigenvalue weighted by molar-refractivity contribution is 0.444. The molecule has 0 atom stereocenters. The molecule has 0 aromatic heterocycles. The second-order valence-electron chi connectivity index (χ2n) is 14.7. The highest BCUT2D eigenvalue weighted by Crippen LogP contribution is 2.42. The third kappa shape index (κ3) is 8.53. The van der Waals surface area contributed by atoms with Gasteiger partial charge in [0.2, 0.25) is 0 Å². The Labute approximate surface area is 250 Å². The normalized spacial score (nSPS) is 12.3. The van der Waals surface area contributed by atoms with E-state index in [4.69, 9.17) is 0 Å². The lowest BCUT2D eigenvalue weighted by Gasteiger charge is -2.29. The van der Waals surface area contributed by atoms with E-state index in [2.05, 4.69) is 108 Å². The molecule has 0 spiro atoms. The van der Waals surface area contributed by atoms with E-state index < -0.39 is 0 Å². The summed E-state index contributed by atoms with van der Waals surface area (Å²) in [5, 5.41) is 30.8. The first kappa shape index (κ1) is 34.3. The molecule has 0 amide bonds. The van der Waals surface area contributed by atoms with Crippen molar-refractivity contribution >= 4 is 0 Å². The monoisotopic (exact) mass is 560 g/mol. The van der Waals surface area contributed by atoms with Gasteiger partial charge in [-0.3, -0.25) is 0 Å². The van der Waals surface area contributed by atoms with Gasteiger partial charge in [0.05, 0.1) is 0 Å². The number of hydrogen-bond donors (Lipinski definition) is 3. The van der Waals surface area contributed by atoms with Crippen molar-refractivity contribution in [1.29, 1.82) is 0 Å². The summed E-state index contributed by atoms with van der Waals surface area (Å²) in [6.45, 7) is 27.7. The zero-order valence-corrected chi connectivity index (χ0v) is 28.1. The Morgan fingerprint density at radius 3 is 1.29 bits per heavy atom. The Kier molecular flexibility index (Phi) is 10.8. The second-order valence-corrected chi connectivity index (χ2v) is 14.7. The molecule has 3 heteroatoms. The highest BCUT2D eigenvalue weighted by molar-refractivity contribution is 5.52. The van der Waals surface area contributed by atoms with Crippen molar-refractivity contribution in [1.82, 2.24) is 0 Å². The van der Waals surface area contributed by atoms with Crippen molar-refractivity contribution in [2.24, 2.45) is 0 Å². The fourth-order valence-electron chi connectivity index (χ4n) is 5.54. The zero-order chi connectivity index (χ0) is 31.5. The quantitative estimate of drug-likeness (QED) is 0.291. The Balaban J connectivity index is 0.000000377. The molecule has 0 fully saturated rings. The topological polar surface area (TPSA) is 60.7 Å². The molecule has 0 unspecified atom stereocenters. The van der Waals surface area contributed by atoms with Crippen LogP contribution in [-0.4, -0.2) is 15.3 Å². The van der Waals surface area contributed by atoms with Gasteiger partial charge >= 0.3 is 0 Å². The van der Waals surface area contributed by atoms with E-state index in [1.54, 1.807) is 6.07 Å². The van der Waals surface area contributed by atoms with Gasteiger partial charge in [0.25, 0.3) is 0 Å². The second kappa shape index (κ2) is 12.9. The zero-order valence-electron chi connectivity index (χ0n) is 28.1. The number of phenols is 3. The molecule has 0 radical (unpaired) electrons. The van der Waals surface area contributed by atoms with Gasteiger partial charge in [-0.15, -0.1) is 0 Å². The summed E-state index contributed by atoms with van der Waals surface area (Å²) < 4.78 is 0. The first-order valence-electron chi connectivity index (χ1n) is 15.2. The fraction of sp³-hybridized carbons (Fsp3) is 0.526. The van der Waals surface area contributed by atoms with Crippen molar-refractivity contribution in [3.63, 3.8) is 0 Å². The van der Waals surface area contributed by atoms with Crippen LogP contribution >= 0.6 is 0 Å². The van der Waals surface area contributed by atoms with Crippen LogP contribution < -0.4 is 0 Å². The van der Waals surface area contributed by atoms with Gasteiger partial charge in [-0.1, -0.05) is 107 Å². The minimum absolute atomic E-state index is 0.0231. The number of benzene rings is 3. The van der Waals surface area contributed by atoms with Crippen LogP contribution in [0.4, 0.5) is 0 Å². The number of rotatable bonds is 5. The molecular formula is C38H56O3. The highest BCUT2D eigenvalue weighted by atomic mass is 16.3. The van der Waals surface area contributed by atoms with Crippen molar-refractivity contribution < 1.29 is 15.3 Å². The number of aryl methyl sites for hydroxylation is 3. The number of hydrogen-bond acceptors (Lipinski definition) is 3. The maximum atomic E-state index is 10.5. The van der Waals surface area contributed by atoms with Crippen LogP contribution in [0.2, 0.25) is 0 Å². The van der Waals surface area contributed by atoms with E-state index >= 15 is 0 Å². The van der Waals surface area contributed by atoms with Crippen molar-refractivity contribution in [3.8, 4) is 17.2 Å². The van der Waals surface area contributed by atoms with Crippen LogP contribution in [0, 0.1) is 13.8 Å². The molecule has 3 rings (SSSR count). The number of phenolic OH excluding ortho intramolecular Hbond substituents is 3. The molecule has 0 bridgehead atoms. The summed E-state index contributed by atoms with van der Waals surface area (Å²) in [4.78, 5) is 0. The number of aromatic hydroxyl groups is 3. The molecule has 3 aromatic carbocycles. The van der Waals surface area contributed by atoms with Gasteiger partial charge in [0, 0.05) is 5.92 Å². The van der Waals surface area contributed by atoms with Crippen LogP contribution in [0.5, 0.6) is 17.2 Å². The minimum atomic E-state index is -0.121. The molecule has 0 heterocycles. The molecule has 0 aliphatic rings. The molecular weight excluding hydrogens is 504 g/mol. The molecule has 3 nitrogen and oxygen atoms in total. The molecule has 0 aliphatic carbocycles. The molecule has 226 valence electrons. The lowest BCUT2D eigenvalue weighted by atomic mass is 9.76.